The van der Waals surface area contributed by atoms with Crippen LogP contribution in [0.1, 0.15) is 35.7 Å². The number of ether oxygens (including phenoxy) is 2. The summed E-state index contributed by atoms with van der Waals surface area (Å²) < 4.78 is 11.0. The number of nitrogens with zero attached hydrogens (tertiary/aromatic N) is 1. The summed E-state index contributed by atoms with van der Waals surface area (Å²) in [6.45, 7) is 6.03. The lowest BCUT2D eigenvalue weighted by Crippen LogP contribution is -2.38. The number of rotatable bonds is 11. The molecule has 1 heterocycles. The van der Waals surface area contributed by atoms with Gasteiger partial charge in [-0.15, -0.1) is 0 Å². The van der Waals surface area contributed by atoms with Crippen LogP contribution >= 0.6 is 0 Å². The molecule has 160 valence electrons. The Hall–Kier alpha value is -2.65. The largest absolute Gasteiger partial charge is 0.379 e. The van der Waals surface area contributed by atoms with Crippen LogP contribution in [-0.4, -0.2) is 63.3 Å². The van der Waals surface area contributed by atoms with Gasteiger partial charge in [0.05, 0.1) is 25.8 Å². The molecule has 0 bridgehead atoms. The molecule has 1 aliphatic rings. The third-order valence-corrected chi connectivity index (χ3v) is 4.26. The van der Waals surface area contributed by atoms with E-state index >= 15 is 0 Å². The first kappa shape index (κ1) is 22.6. The van der Waals surface area contributed by atoms with Gasteiger partial charge >= 0.3 is 0 Å². The first-order chi connectivity index (χ1) is 14.1. The van der Waals surface area contributed by atoms with Crippen LogP contribution in [0.25, 0.3) is 0 Å². The number of hydrogen-bond donors (Lipinski definition) is 4. The lowest BCUT2D eigenvalue weighted by molar-refractivity contribution is -0.117. The molecule has 1 aliphatic heterocycles. The number of carbonyl (C=O) groups excluding carboxylic acids is 2. The van der Waals surface area contributed by atoms with E-state index < -0.39 is 5.91 Å². The summed E-state index contributed by atoms with van der Waals surface area (Å²) in [5.74, 6) is -0.174. The molecule has 0 spiro atoms. The van der Waals surface area contributed by atoms with Crippen molar-refractivity contribution in [3.05, 3.63) is 35.4 Å². The summed E-state index contributed by atoms with van der Waals surface area (Å²) in [6, 6.07) is 7.07. The molecule has 0 saturated carbocycles. The van der Waals surface area contributed by atoms with Crippen molar-refractivity contribution in [2.45, 2.75) is 32.4 Å². The molecule has 2 amide bonds. The monoisotopic (exact) mass is 405 g/mol. The molecule has 1 fully saturated rings. The number of hydrogen-bond acceptors (Lipinski definition) is 5. The minimum atomic E-state index is -0.577. The molecular weight excluding hydrogens is 374 g/mol. The highest BCUT2D eigenvalue weighted by Crippen LogP contribution is 2.08. The molecule has 29 heavy (non-hydrogen) atoms. The van der Waals surface area contributed by atoms with E-state index in [1.54, 1.807) is 12.1 Å². The van der Waals surface area contributed by atoms with E-state index in [1.807, 2.05) is 19.1 Å². The molecule has 5 N–H and O–H groups in total. The summed E-state index contributed by atoms with van der Waals surface area (Å²) in [7, 11) is 0. The zero-order chi connectivity index (χ0) is 20.9. The highest BCUT2D eigenvalue weighted by molar-refractivity contribution is 5.96. The van der Waals surface area contributed by atoms with Crippen molar-refractivity contribution in [1.29, 1.82) is 0 Å². The Morgan fingerprint density at radius 2 is 2.03 bits per heavy atom. The number of primary amides is 1. The van der Waals surface area contributed by atoms with E-state index in [1.165, 1.54) is 0 Å². The number of carbonyl (C=O) groups is 2. The number of benzene rings is 1. The molecule has 0 aliphatic carbocycles. The van der Waals surface area contributed by atoms with Crippen LogP contribution in [0.5, 0.6) is 0 Å². The fraction of sp³-hybridized carbons (Fsp3) is 0.550. The second kappa shape index (κ2) is 12.7. The van der Waals surface area contributed by atoms with E-state index in [2.05, 4.69) is 20.9 Å². The van der Waals surface area contributed by atoms with Crippen molar-refractivity contribution < 1.29 is 19.1 Å². The van der Waals surface area contributed by atoms with Crippen molar-refractivity contribution in [2.24, 2.45) is 10.7 Å². The summed E-state index contributed by atoms with van der Waals surface area (Å²) in [4.78, 5) is 27.2. The second-order valence-corrected chi connectivity index (χ2v) is 6.68. The van der Waals surface area contributed by atoms with Crippen LogP contribution in [0.4, 0.5) is 0 Å². The average molecular weight is 405 g/mol. The van der Waals surface area contributed by atoms with E-state index in [0.29, 0.717) is 25.3 Å². The topological polar surface area (TPSA) is 127 Å². The lowest BCUT2D eigenvalue weighted by atomic mass is 10.1. The van der Waals surface area contributed by atoms with E-state index in [-0.39, 0.29) is 18.6 Å². The van der Waals surface area contributed by atoms with Gasteiger partial charge in [0.2, 0.25) is 5.91 Å². The summed E-state index contributed by atoms with van der Waals surface area (Å²) in [5, 5.41) is 8.96. The fourth-order valence-electron chi connectivity index (χ4n) is 2.72. The predicted molar refractivity (Wildman–Crippen MR) is 111 cm³/mol. The summed E-state index contributed by atoms with van der Waals surface area (Å²) in [6.07, 6.45) is 2.09. The van der Waals surface area contributed by atoms with Gasteiger partial charge in [-0.3, -0.25) is 9.59 Å². The fourth-order valence-corrected chi connectivity index (χ4v) is 2.72. The Balaban J connectivity index is 1.74. The van der Waals surface area contributed by atoms with Gasteiger partial charge in [0.1, 0.15) is 0 Å². The van der Waals surface area contributed by atoms with Gasteiger partial charge in [0.15, 0.2) is 5.96 Å². The van der Waals surface area contributed by atoms with Gasteiger partial charge in [-0.25, -0.2) is 4.99 Å². The molecule has 0 aromatic heterocycles. The maximum absolute atomic E-state index is 11.9. The summed E-state index contributed by atoms with van der Waals surface area (Å²) in [5.41, 5.74) is 6.46. The Bertz CT molecular complexity index is 672. The highest BCUT2D eigenvalue weighted by Gasteiger charge is 2.15. The third kappa shape index (κ3) is 8.93. The maximum Gasteiger partial charge on any atom is 0.251 e. The van der Waals surface area contributed by atoms with Crippen LogP contribution in [0.2, 0.25) is 0 Å². The summed E-state index contributed by atoms with van der Waals surface area (Å²) >= 11 is 0. The van der Waals surface area contributed by atoms with Crippen molar-refractivity contribution in [3.63, 3.8) is 0 Å². The zero-order valence-electron chi connectivity index (χ0n) is 16.9. The Morgan fingerprint density at radius 1 is 1.24 bits per heavy atom. The van der Waals surface area contributed by atoms with E-state index in [9.17, 15) is 9.59 Å². The van der Waals surface area contributed by atoms with E-state index in [4.69, 9.17) is 15.2 Å². The van der Waals surface area contributed by atoms with Gasteiger partial charge in [-0.1, -0.05) is 12.1 Å². The second-order valence-electron chi connectivity index (χ2n) is 6.68. The molecule has 2 rings (SSSR count). The van der Waals surface area contributed by atoms with Gasteiger partial charge in [0, 0.05) is 31.9 Å². The number of aliphatic imine (C=N–C) groups is 1. The Kier molecular flexibility index (Phi) is 9.94. The molecular formula is C20H31N5O4. The number of amides is 2. The van der Waals surface area contributed by atoms with Gasteiger partial charge < -0.3 is 31.2 Å². The SMILES string of the molecule is CCNC(=NCc1ccc(C(=O)NCC(N)=O)cc1)NCCCOC1CCOC1. The first-order valence-corrected chi connectivity index (χ1v) is 9.95. The maximum atomic E-state index is 11.9. The minimum absolute atomic E-state index is 0.179. The quantitative estimate of drug-likeness (QED) is 0.236. The third-order valence-electron chi connectivity index (χ3n) is 4.26. The van der Waals surface area contributed by atoms with Crippen LogP contribution in [0.15, 0.2) is 29.3 Å². The molecule has 1 atom stereocenters. The van der Waals surface area contributed by atoms with Crippen molar-refractivity contribution in [2.75, 3.05) is 39.5 Å². The minimum Gasteiger partial charge on any atom is -0.379 e. The van der Waals surface area contributed by atoms with Crippen LogP contribution < -0.4 is 21.7 Å². The molecule has 9 nitrogen and oxygen atoms in total. The van der Waals surface area contributed by atoms with Gasteiger partial charge in [-0.05, 0) is 37.5 Å². The normalized spacial score (nSPS) is 16.4. The number of guanidine groups is 1. The first-order valence-electron chi connectivity index (χ1n) is 9.95. The van der Waals surface area contributed by atoms with Crippen molar-refractivity contribution >= 4 is 17.8 Å². The predicted octanol–water partition coefficient (Wildman–Crippen LogP) is 0.152. The van der Waals surface area contributed by atoms with E-state index in [0.717, 1.165) is 44.1 Å². The number of nitrogens with two attached hydrogens (primary N) is 1. The molecule has 9 heteroatoms. The molecule has 1 aromatic carbocycles. The van der Waals surface area contributed by atoms with Crippen molar-refractivity contribution in [1.82, 2.24) is 16.0 Å². The van der Waals surface area contributed by atoms with Gasteiger partial charge in [0.25, 0.3) is 5.91 Å². The molecule has 1 aromatic rings. The highest BCUT2D eigenvalue weighted by atomic mass is 16.5. The standard InChI is InChI=1S/C20H31N5O4/c1-2-22-20(23-9-3-10-29-17-8-11-28-14-17)25-12-15-4-6-16(7-5-15)19(27)24-13-18(21)26/h4-7,17H,2-3,8-14H2,1H3,(H2,21,26)(H,24,27)(H2,22,23,25). The molecule has 1 unspecified atom stereocenters. The zero-order valence-corrected chi connectivity index (χ0v) is 16.9. The smallest absolute Gasteiger partial charge is 0.251 e. The number of nitrogens with one attached hydrogen (secondary N) is 3. The molecule has 1 saturated heterocycles. The lowest BCUT2D eigenvalue weighted by Gasteiger charge is -2.13. The Labute approximate surface area is 171 Å². The van der Waals surface area contributed by atoms with Crippen LogP contribution in [0.3, 0.4) is 0 Å². The Morgan fingerprint density at radius 3 is 2.69 bits per heavy atom. The van der Waals surface area contributed by atoms with Crippen LogP contribution in [0, 0.1) is 0 Å². The van der Waals surface area contributed by atoms with Crippen molar-refractivity contribution in [3.8, 4) is 0 Å². The average Bonchev–Trinajstić information content (AvgIpc) is 3.23. The van der Waals surface area contributed by atoms with Gasteiger partial charge in [-0.2, -0.15) is 0 Å². The molecule has 0 radical (unpaired) electrons. The van der Waals surface area contributed by atoms with Crippen LogP contribution in [-0.2, 0) is 20.8 Å².